The van der Waals surface area contributed by atoms with Crippen molar-refractivity contribution >= 4 is 17.2 Å². The first-order valence-electron chi connectivity index (χ1n) is 4.99. The minimum atomic E-state index is 0.162. The Morgan fingerprint density at radius 1 is 1.43 bits per heavy atom. The van der Waals surface area contributed by atoms with Crippen molar-refractivity contribution in [1.82, 2.24) is 9.88 Å². The Bertz CT molecular complexity index is 329. The summed E-state index contributed by atoms with van der Waals surface area (Å²) in [6.07, 6.45) is 5.23. The normalized spacial score (nSPS) is 17.1. The fraction of sp³-hybridized carbons (Fsp3) is 0.600. The van der Waals surface area contributed by atoms with Gasteiger partial charge in [-0.05, 0) is 26.2 Å². The van der Waals surface area contributed by atoms with Gasteiger partial charge in [0.2, 0.25) is 0 Å². The van der Waals surface area contributed by atoms with Gasteiger partial charge in [-0.15, -0.1) is 11.3 Å². The van der Waals surface area contributed by atoms with Gasteiger partial charge in [-0.25, -0.2) is 4.98 Å². The number of carbonyl (C=O) groups is 1. The second-order valence-electron chi connectivity index (χ2n) is 3.60. The summed E-state index contributed by atoms with van der Waals surface area (Å²) in [5.41, 5.74) is 0. The lowest BCUT2D eigenvalue weighted by atomic mass is 10.1. The van der Waals surface area contributed by atoms with E-state index in [-0.39, 0.29) is 5.91 Å². The lowest BCUT2D eigenvalue weighted by Gasteiger charge is -2.25. The molecule has 0 saturated carbocycles. The van der Waals surface area contributed by atoms with Crippen molar-refractivity contribution in [2.24, 2.45) is 0 Å². The van der Waals surface area contributed by atoms with Crippen LogP contribution in [0.2, 0.25) is 0 Å². The largest absolute Gasteiger partial charge is 0.338 e. The first-order valence-corrected chi connectivity index (χ1v) is 5.81. The lowest BCUT2D eigenvalue weighted by molar-refractivity contribution is 0.0729. The molecule has 4 heteroatoms. The summed E-state index contributed by atoms with van der Waals surface area (Å²) in [5, 5.41) is 0.963. The number of hydrogen-bond acceptors (Lipinski definition) is 3. The van der Waals surface area contributed by atoms with Gasteiger partial charge in [0.05, 0.1) is 11.2 Å². The number of carbonyl (C=O) groups excluding carboxylic acids is 1. The highest BCUT2D eigenvalue weighted by atomic mass is 32.1. The molecule has 1 fully saturated rings. The van der Waals surface area contributed by atoms with Gasteiger partial charge in [0.1, 0.15) is 4.88 Å². The summed E-state index contributed by atoms with van der Waals surface area (Å²) in [6.45, 7) is 3.75. The summed E-state index contributed by atoms with van der Waals surface area (Å²) in [4.78, 5) is 18.7. The van der Waals surface area contributed by atoms with Crippen molar-refractivity contribution < 1.29 is 4.79 Å². The van der Waals surface area contributed by atoms with E-state index in [2.05, 4.69) is 4.98 Å². The van der Waals surface area contributed by atoms with E-state index in [1.165, 1.54) is 17.8 Å². The van der Waals surface area contributed by atoms with E-state index in [4.69, 9.17) is 0 Å². The molecule has 76 valence electrons. The molecule has 0 unspecified atom stereocenters. The number of aryl methyl sites for hydroxylation is 1. The second kappa shape index (κ2) is 4.09. The van der Waals surface area contributed by atoms with Crippen LogP contribution in [0, 0.1) is 6.92 Å². The Morgan fingerprint density at radius 2 is 2.14 bits per heavy atom. The van der Waals surface area contributed by atoms with E-state index in [9.17, 15) is 4.79 Å². The van der Waals surface area contributed by atoms with E-state index in [0.29, 0.717) is 0 Å². The predicted molar refractivity (Wildman–Crippen MR) is 56.6 cm³/mol. The van der Waals surface area contributed by atoms with Crippen molar-refractivity contribution in [2.45, 2.75) is 26.2 Å². The Kier molecular flexibility index (Phi) is 2.82. The predicted octanol–water partition coefficient (Wildman–Crippen LogP) is 2.08. The maximum atomic E-state index is 11.9. The Hall–Kier alpha value is -0.900. The lowest BCUT2D eigenvalue weighted by Crippen LogP contribution is -2.35. The van der Waals surface area contributed by atoms with Crippen LogP contribution in [-0.2, 0) is 0 Å². The molecular weight excluding hydrogens is 196 g/mol. The first-order chi connectivity index (χ1) is 6.77. The molecule has 0 bridgehead atoms. The van der Waals surface area contributed by atoms with Crippen molar-refractivity contribution in [3.8, 4) is 0 Å². The number of piperidine rings is 1. The van der Waals surface area contributed by atoms with Crippen LogP contribution in [0.25, 0.3) is 0 Å². The van der Waals surface area contributed by atoms with Crippen molar-refractivity contribution in [3.05, 3.63) is 16.1 Å². The van der Waals surface area contributed by atoms with Crippen LogP contribution in [0.3, 0.4) is 0 Å². The number of rotatable bonds is 1. The Labute approximate surface area is 87.8 Å². The third-order valence-electron chi connectivity index (χ3n) is 2.48. The van der Waals surface area contributed by atoms with Gasteiger partial charge in [-0.1, -0.05) is 0 Å². The van der Waals surface area contributed by atoms with Crippen LogP contribution < -0.4 is 0 Å². The van der Waals surface area contributed by atoms with E-state index in [1.54, 1.807) is 6.20 Å². The molecule has 0 N–H and O–H groups in total. The molecule has 1 amide bonds. The Balaban J connectivity index is 2.07. The van der Waals surface area contributed by atoms with E-state index in [1.807, 2.05) is 11.8 Å². The van der Waals surface area contributed by atoms with Crippen LogP contribution in [0.15, 0.2) is 6.20 Å². The second-order valence-corrected chi connectivity index (χ2v) is 4.83. The van der Waals surface area contributed by atoms with Gasteiger partial charge >= 0.3 is 0 Å². The standard InChI is InChI=1S/C10H14N2OS/c1-8-11-7-9(14-8)10(13)12-5-3-2-4-6-12/h7H,2-6H2,1H3. The maximum Gasteiger partial charge on any atom is 0.265 e. The number of thiazole rings is 1. The Morgan fingerprint density at radius 3 is 2.71 bits per heavy atom. The average molecular weight is 210 g/mol. The average Bonchev–Trinajstić information content (AvgIpc) is 2.65. The number of likely N-dealkylation sites (tertiary alicyclic amines) is 1. The number of nitrogens with zero attached hydrogens (tertiary/aromatic N) is 2. The zero-order valence-corrected chi connectivity index (χ0v) is 9.14. The minimum absolute atomic E-state index is 0.162. The van der Waals surface area contributed by atoms with Crippen LogP contribution in [-0.4, -0.2) is 28.9 Å². The van der Waals surface area contributed by atoms with Crippen molar-refractivity contribution in [3.63, 3.8) is 0 Å². The molecule has 1 aliphatic rings. The number of aromatic nitrogens is 1. The molecule has 14 heavy (non-hydrogen) atoms. The molecule has 3 nitrogen and oxygen atoms in total. The van der Waals surface area contributed by atoms with E-state index >= 15 is 0 Å². The molecule has 0 atom stereocenters. The summed E-state index contributed by atoms with van der Waals surface area (Å²) in [5.74, 6) is 0.162. The molecule has 1 aromatic heterocycles. The fourth-order valence-corrected chi connectivity index (χ4v) is 2.46. The van der Waals surface area contributed by atoms with Gasteiger partial charge < -0.3 is 4.90 Å². The molecule has 2 heterocycles. The zero-order valence-electron chi connectivity index (χ0n) is 8.32. The van der Waals surface area contributed by atoms with Crippen LogP contribution in [0.1, 0.15) is 33.9 Å². The smallest absolute Gasteiger partial charge is 0.265 e. The third-order valence-corrected chi connectivity index (χ3v) is 3.38. The van der Waals surface area contributed by atoms with Crippen LogP contribution >= 0.6 is 11.3 Å². The summed E-state index contributed by atoms with van der Waals surface area (Å²) >= 11 is 1.49. The molecule has 1 aromatic rings. The van der Waals surface area contributed by atoms with Gasteiger partial charge in [0, 0.05) is 13.1 Å². The molecule has 0 aromatic carbocycles. The topological polar surface area (TPSA) is 33.2 Å². The van der Waals surface area contributed by atoms with E-state index in [0.717, 1.165) is 35.8 Å². The molecule has 2 rings (SSSR count). The molecule has 0 spiro atoms. The summed E-state index contributed by atoms with van der Waals surface area (Å²) in [7, 11) is 0. The zero-order chi connectivity index (χ0) is 9.97. The quantitative estimate of drug-likeness (QED) is 0.711. The SMILES string of the molecule is Cc1ncc(C(=O)N2CCCCC2)s1. The highest BCUT2D eigenvalue weighted by Gasteiger charge is 2.19. The van der Waals surface area contributed by atoms with Crippen molar-refractivity contribution in [1.29, 1.82) is 0 Å². The molecule has 0 radical (unpaired) electrons. The third kappa shape index (κ3) is 1.95. The van der Waals surface area contributed by atoms with Gasteiger partial charge in [-0.3, -0.25) is 4.79 Å². The molecule has 0 aliphatic carbocycles. The van der Waals surface area contributed by atoms with Crippen molar-refractivity contribution in [2.75, 3.05) is 13.1 Å². The fourth-order valence-electron chi connectivity index (χ4n) is 1.71. The summed E-state index contributed by atoms with van der Waals surface area (Å²) in [6, 6.07) is 0. The minimum Gasteiger partial charge on any atom is -0.338 e. The van der Waals surface area contributed by atoms with E-state index < -0.39 is 0 Å². The number of hydrogen-bond donors (Lipinski definition) is 0. The monoisotopic (exact) mass is 210 g/mol. The highest BCUT2D eigenvalue weighted by Crippen LogP contribution is 2.17. The molecular formula is C10H14N2OS. The van der Waals surface area contributed by atoms with Gasteiger partial charge in [-0.2, -0.15) is 0 Å². The van der Waals surface area contributed by atoms with Gasteiger partial charge in [0.15, 0.2) is 0 Å². The summed E-state index contributed by atoms with van der Waals surface area (Å²) < 4.78 is 0. The first kappa shape index (κ1) is 9.65. The number of amides is 1. The molecule has 1 aliphatic heterocycles. The van der Waals surface area contributed by atoms with Crippen LogP contribution in [0.4, 0.5) is 0 Å². The van der Waals surface area contributed by atoms with Crippen LogP contribution in [0.5, 0.6) is 0 Å². The van der Waals surface area contributed by atoms with Gasteiger partial charge in [0.25, 0.3) is 5.91 Å². The highest BCUT2D eigenvalue weighted by molar-refractivity contribution is 7.13. The maximum absolute atomic E-state index is 11.9. The molecule has 1 saturated heterocycles.